The summed E-state index contributed by atoms with van der Waals surface area (Å²) in [6.45, 7) is 2.09. The molecule has 0 aromatic heterocycles. The van der Waals surface area contributed by atoms with E-state index >= 15 is 0 Å². The number of carbonyl (C=O) groups excluding carboxylic acids is 1. The highest BCUT2D eigenvalue weighted by molar-refractivity contribution is 5.96. The number of fused-ring (bicyclic) bond motifs is 1. The Labute approximate surface area is 153 Å². The van der Waals surface area contributed by atoms with E-state index in [1.165, 1.54) is 16.3 Å². The second-order valence-electron chi connectivity index (χ2n) is 6.70. The average Bonchev–Trinajstić information content (AvgIpc) is 3.18. The van der Waals surface area contributed by atoms with E-state index in [4.69, 9.17) is 0 Å². The van der Waals surface area contributed by atoms with Gasteiger partial charge in [0.15, 0.2) is 0 Å². The second-order valence-corrected chi connectivity index (χ2v) is 6.70. The van der Waals surface area contributed by atoms with Crippen LogP contribution in [-0.4, -0.2) is 11.9 Å². The molecule has 4 heteroatoms. The van der Waals surface area contributed by atoms with Crippen LogP contribution >= 0.6 is 0 Å². The van der Waals surface area contributed by atoms with Gasteiger partial charge >= 0.3 is 0 Å². The Morgan fingerprint density at radius 3 is 2.65 bits per heavy atom. The van der Waals surface area contributed by atoms with Gasteiger partial charge in [0.25, 0.3) is 0 Å². The zero-order valence-electron chi connectivity index (χ0n) is 14.8. The van der Waals surface area contributed by atoms with E-state index in [0.717, 1.165) is 17.7 Å². The molecular weight excluding hydrogens is 322 g/mol. The Bertz CT molecular complexity index is 932. The fourth-order valence-corrected chi connectivity index (χ4v) is 3.66. The van der Waals surface area contributed by atoms with Crippen LogP contribution in [-0.2, 0) is 11.2 Å². The summed E-state index contributed by atoms with van der Waals surface area (Å²) in [5.74, 6) is 0.00105. The van der Waals surface area contributed by atoms with Crippen molar-refractivity contribution in [1.29, 1.82) is 0 Å². The van der Waals surface area contributed by atoms with E-state index in [1.807, 2.05) is 24.3 Å². The predicted molar refractivity (Wildman–Crippen MR) is 106 cm³/mol. The molecule has 1 amide bonds. The molecule has 3 aromatic carbocycles. The van der Waals surface area contributed by atoms with Gasteiger partial charge in [-0.1, -0.05) is 67.6 Å². The van der Waals surface area contributed by atoms with Crippen molar-refractivity contribution in [2.45, 2.75) is 31.8 Å². The first kappa shape index (κ1) is 16.8. The van der Waals surface area contributed by atoms with Gasteiger partial charge in [0.05, 0.1) is 0 Å². The normalized spacial score (nSPS) is 19.6. The molecule has 0 spiro atoms. The standard InChI is InChI=1S/C22H23N3O/c1-2-15-8-4-6-13-19(15)23-22(26)21-14-20(24-25-21)18-12-7-10-16-9-3-5-11-17(16)18/h3-13,20-21,24-25H,2,14H2,1H3,(H,23,26). The Morgan fingerprint density at radius 2 is 1.77 bits per heavy atom. The Kier molecular flexibility index (Phi) is 4.69. The molecule has 1 saturated heterocycles. The van der Waals surface area contributed by atoms with Gasteiger partial charge in [0.1, 0.15) is 6.04 Å². The lowest BCUT2D eigenvalue weighted by atomic mass is 9.96. The monoisotopic (exact) mass is 345 g/mol. The molecule has 3 N–H and O–H groups in total. The number of hydrogen-bond donors (Lipinski definition) is 3. The number of rotatable bonds is 4. The minimum absolute atomic E-state index is 0.00105. The van der Waals surface area contributed by atoms with Crippen LogP contribution in [0.1, 0.15) is 30.5 Å². The molecule has 0 aliphatic carbocycles. The van der Waals surface area contributed by atoms with Gasteiger partial charge < -0.3 is 5.32 Å². The van der Waals surface area contributed by atoms with Crippen LogP contribution in [0.25, 0.3) is 10.8 Å². The van der Waals surface area contributed by atoms with Crippen molar-refractivity contribution in [3.8, 4) is 0 Å². The maximum Gasteiger partial charge on any atom is 0.242 e. The Morgan fingerprint density at radius 1 is 1.00 bits per heavy atom. The third-order valence-corrected chi connectivity index (χ3v) is 5.07. The second kappa shape index (κ2) is 7.28. The SMILES string of the molecule is CCc1ccccc1NC(=O)C1CC(c2cccc3ccccc23)NN1. The van der Waals surface area contributed by atoms with E-state index in [9.17, 15) is 4.79 Å². The molecule has 1 aliphatic rings. The van der Waals surface area contributed by atoms with Crippen LogP contribution in [0, 0.1) is 0 Å². The molecule has 132 valence electrons. The van der Waals surface area contributed by atoms with Gasteiger partial charge in [-0.05, 0) is 40.8 Å². The fraction of sp³-hybridized carbons (Fsp3) is 0.227. The molecule has 0 radical (unpaired) electrons. The van der Waals surface area contributed by atoms with Crippen molar-refractivity contribution in [2.24, 2.45) is 0 Å². The number of hydrazine groups is 1. The Hall–Kier alpha value is -2.69. The number of nitrogens with one attached hydrogen (secondary N) is 3. The Balaban J connectivity index is 1.50. The number of hydrogen-bond acceptors (Lipinski definition) is 3. The summed E-state index contributed by atoms with van der Waals surface area (Å²) in [6.07, 6.45) is 1.61. The first-order valence-corrected chi connectivity index (χ1v) is 9.13. The summed E-state index contributed by atoms with van der Waals surface area (Å²) in [6, 6.07) is 22.5. The van der Waals surface area contributed by atoms with Gasteiger partial charge in [0, 0.05) is 11.7 Å². The van der Waals surface area contributed by atoms with E-state index in [2.05, 4.69) is 65.6 Å². The zero-order valence-corrected chi connectivity index (χ0v) is 14.8. The topological polar surface area (TPSA) is 53.2 Å². The molecule has 0 saturated carbocycles. The zero-order chi connectivity index (χ0) is 17.9. The molecule has 0 bridgehead atoms. The number of carbonyl (C=O) groups is 1. The van der Waals surface area contributed by atoms with E-state index < -0.39 is 0 Å². The predicted octanol–water partition coefficient (Wildman–Crippen LogP) is 3.95. The summed E-state index contributed by atoms with van der Waals surface area (Å²) in [5, 5.41) is 5.52. The maximum atomic E-state index is 12.7. The molecule has 1 aliphatic heterocycles. The average molecular weight is 345 g/mol. The first-order valence-electron chi connectivity index (χ1n) is 9.13. The van der Waals surface area contributed by atoms with Crippen LogP contribution in [0.5, 0.6) is 0 Å². The van der Waals surface area contributed by atoms with Gasteiger partial charge in [-0.2, -0.15) is 0 Å². The van der Waals surface area contributed by atoms with Crippen molar-refractivity contribution < 1.29 is 4.79 Å². The molecule has 2 unspecified atom stereocenters. The highest BCUT2D eigenvalue weighted by atomic mass is 16.2. The summed E-state index contributed by atoms with van der Waals surface area (Å²) in [4.78, 5) is 12.7. The first-order chi connectivity index (χ1) is 12.8. The number of para-hydroxylation sites is 1. The summed E-state index contributed by atoms with van der Waals surface area (Å²) >= 11 is 0. The van der Waals surface area contributed by atoms with Crippen LogP contribution in [0.2, 0.25) is 0 Å². The molecule has 1 fully saturated rings. The fourth-order valence-electron chi connectivity index (χ4n) is 3.66. The summed E-state index contributed by atoms with van der Waals surface area (Å²) in [5.41, 5.74) is 9.74. The molecule has 3 aromatic rings. The molecular formula is C22H23N3O. The lowest BCUT2D eigenvalue weighted by Gasteiger charge is -2.14. The third-order valence-electron chi connectivity index (χ3n) is 5.07. The smallest absolute Gasteiger partial charge is 0.242 e. The molecule has 4 nitrogen and oxygen atoms in total. The number of amides is 1. The molecule has 4 rings (SSSR count). The highest BCUT2D eigenvalue weighted by Gasteiger charge is 2.31. The minimum Gasteiger partial charge on any atom is -0.324 e. The quantitative estimate of drug-likeness (QED) is 0.671. The van der Waals surface area contributed by atoms with Gasteiger partial charge in [0.2, 0.25) is 5.91 Å². The van der Waals surface area contributed by atoms with E-state index in [0.29, 0.717) is 6.42 Å². The molecule has 2 atom stereocenters. The van der Waals surface area contributed by atoms with E-state index in [-0.39, 0.29) is 18.0 Å². The maximum absolute atomic E-state index is 12.7. The van der Waals surface area contributed by atoms with Crippen molar-refractivity contribution >= 4 is 22.4 Å². The lowest BCUT2D eigenvalue weighted by molar-refractivity contribution is -0.117. The van der Waals surface area contributed by atoms with Gasteiger partial charge in [-0.3, -0.25) is 4.79 Å². The number of benzene rings is 3. The minimum atomic E-state index is -0.260. The third kappa shape index (κ3) is 3.21. The molecule has 26 heavy (non-hydrogen) atoms. The molecule has 1 heterocycles. The van der Waals surface area contributed by atoms with Gasteiger partial charge in [-0.25, -0.2) is 10.9 Å². The van der Waals surface area contributed by atoms with Crippen LogP contribution in [0.3, 0.4) is 0 Å². The van der Waals surface area contributed by atoms with Crippen molar-refractivity contribution in [1.82, 2.24) is 10.9 Å². The van der Waals surface area contributed by atoms with Crippen LogP contribution in [0.4, 0.5) is 5.69 Å². The van der Waals surface area contributed by atoms with Crippen LogP contribution < -0.4 is 16.2 Å². The number of anilines is 1. The van der Waals surface area contributed by atoms with Gasteiger partial charge in [-0.15, -0.1) is 0 Å². The van der Waals surface area contributed by atoms with Crippen LogP contribution in [0.15, 0.2) is 66.7 Å². The summed E-state index contributed by atoms with van der Waals surface area (Å²) < 4.78 is 0. The highest BCUT2D eigenvalue weighted by Crippen LogP contribution is 2.29. The lowest BCUT2D eigenvalue weighted by Crippen LogP contribution is -2.39. The van der Waals surface area contributed by atoms with E-state index in [1.54, 1.807) is 0 Å². The largest absolute Gasteiger partial charge is 0.324 e. The van der Waals surface area contributed by atoms with Crippen molar-refractivity contribution in [3.63, 3.8) is 0 Å². The van der Waals surface area contributed by atoms with Crippen molar-refractivity contribution in [2.75, 3.05) is 5.32 Å². The van der Waals surface area contributed by atoms with Crippen molar-refractivity contribution in [3.05, 3.63) is 77.9 Å². The summed E-state index contributed by atoms with van der Waals surface area (Å²) in [7, 11) is 0. The number of aryl methyl sites for hydroxylation is 1.